The SMILES string of the molecule is COC(=O)NC(=O)c1c(NC(=O)c2ccc(S(=O)(=O)N3CCc4ccccc4C3)cc2)sc2c1CCN(C(C)C)C2. The number of imide groups is 1. The van der Waals surface area contributed by atoms with E-state index < -0.39 is 27.9 Å². The molecule has 5 rings (SSSR count). The van der Waals surface area contributed by atoms with Crippen LogP contribution in [0, 0.1) is 0 Å². The highest BCUT2D eigenvalue weighted by molar-refractivity contribution is 7.89. The molecule has 0 saturated carbocycles. The van der Waals surface area contributed by atoms with Gasteiger partial charge in [-0.1, -0.05) is 24.3 Å². The van der Waals surface area contributed by atoms with E-state index in [0.717, 1.165) is 28.1 Å². The molecule has 2 aliphatic rings. The fraction of sp³-hybridized carbons (Fsp3) is 0.345. The molecule has 0 spiro atoms. The lowest BCUT2D eigenvalue weighted by Gasteiger charge is -2.30. The molecule has 3 aromatic rings. The zero-order valence-corrected chi connectivity index (χ0v) is 24.7. The van der Waals surface area contributed by atoms with Crippen LogP contribution in [-0.2, 0) is 40.7 Å². The van der Waals surface area contributed by atoms with E-state index in [2.05, 4.69) is 34.1 Å². The first kappa shape index (κ1) is 28.9. The zero-order valence-electron chi connectivity index (χ0n) is 23.1. The molecule has 0 saturated heterocycles. The van der Waals surface area contributed by atoms with Crippen LogP contribution >= 0.6 is 11.3 Å². The van der Waals surface area contributed by atoms with Gasteiger partial charge in [0.1, 0.15) is 5.00 Å². The molecule has 216 valence electrons. The highest BCUT2D eigenvalue weighted by Gasteiger charge is 2.31. The van der Waals surface area contributed by atoms with Gasteiger partial charge in [0.25, 0.3) is 11.8 Å². The Bertz CT molecular complexity index is 1600. The van der Waals surface area contributed by atoms with Gasteiger partial charge in [0.15, 0.2) is 0 Å². The summed E-state index contributed by atoms with van der Waals surface area (Å²) in [6.45, 7) is 6.25. The van der Waals surface area contributed by atoms with Gasteiger partial charge in [-0.3, -0.25) is 19.8 Å². The number of benzene rings is 2. The monoisotopic (exact) mass is 596 g/mol. The first-order valence-electron chi connectivity index (χ1n) is 13.3. The largest absolute Gasteiger partial charge is 0.453 e. The summed E-state index contributed by atoms with van der Waals surface area (Å²) in [6.07, 6.45) is 0.347. The Kier molecular flexibility index (Phi) is 8.28. The summed E-state index contributed by atoms with van der Waals surface area (Å²) in [5, 5.41) is 5.35. The number of nitrogens with one attached hydrogen (secondary N) is 2. The summed E-state index contributed by atoms with van der Waals surface area (Å²) < 4.78 is 32.7. The van der Waals surface area contributed by atoms with Crippen molar-refractivity contribution >= 4 is 44.3 Å². The molecule has 2 aromatic carbocycles. The number of hydrogen-bond donors (Lipinski definition) is 2. The molecule has 2 N–H and O–H groups in total. The summed E-state index contributed by atoms with van der Waals surface area (Å²) in [4.78, 5) is 41.4. The average molecular weight is 597 g/mol. The Hall–Kier alpha value is -3.58. The topological polar surface area (TPSA) is 125 Å². The minimum Gasteiger partial charge on any atom is -0.453 e. The molecule has 0 unspecified atom stereocenters. The summed E-state index contributed by atoms with van der Waals surface area (Å²) in [5.41, 5.74) is 3.42. The fourth-order valence-electron chi connectivity index (χ4n) is 5.18. The van der Waals surface area contributed by atoms with Gasteiger partial charge >= 0.3 is 6.09 Å². The number of ether oxygens (including phenoxy) is 1. The van der Waals surface area contributed by atoms with Gasteiger partial charge in [-0.25, -0.2) is 13.2 Å². The maximum Gasteiger partial charge on any atom is 0.413 e. The van der Waals surface area contributed by atoms with Gasteiger partial charge in [0.2, 0.25) is 10.0 Å². The van der Waals surface area contributed by atoms with Crippen LogP contribution in [0.4, 0.5) is 9.80 Å². The van der Waals surface area contributed by atoms with Gasteiger partial charge in [0, 0.05) is 42.7 Å². The van der Waals surface area contributed by atoms with Crippen molar-refractivity contribution in [3.05, 3.63) is 81.2 Å². The van der Waals surface area contributed by atoms with Crippen molar-refractivity contribution in [1.29, 1.82) is 0 Å². The van der Waals surface area contributed by atoms with Gasteiger partial charge in [-0.05, 0) is 67.6 Å². The first-order valence-corrected chi connectivity index (χ1v) is 15.6. The third-order valence-electron chi connectivity index (χ3n) is 7.52. The van der Waals surface area contributed by atoms with Crippen molar-refractivity contribution in [2.45, 2.75) is 50.7 Å². The predicted octanol–water partition coefficient (Wildman–Crippen LogP) is 4.01. The minimum absolute atomic E-state index is 0.104. The number of rotatable bonds is 6. The number of sulfonamides is 1. The zero-order chi connectivity index (χ0) is 29.3. The van der Waals surface area contributed by atoms with Crippen molar-refractivity contribution in [3.8, 4) is 0 Å². The number of carbonyl (C=O) groups excluding carboxylic acids is 3. The number of fused-ring (bicyclic) bond motifs is 2. The molecule has 41 heavy (non-hydrogen) atoms. The van der Waals surface area contributed by atoms with E-state index in [0.29, 0.717) is 43.5 Å². The highest BCUT2D eigenvalue weighted by atomic mass is 32.2. The Labute approximate surface area is 243 Å². The molecule has 1 aromatic heterocycles. The second kappa shape index (κ2) is 11.7. The van der Waals surface area contributed by atoms with Crippen LogP contribution in [0.15, 0.2) is 53.4 Å². The Morgan fingerprint density at radius 1 is 0.927 bits per heavy atom. The average Bonchev–Trinajstić information content (AvgIpc) is 3.33. The Balaban J connectivity index is 1.36. The molecule has 12 heteroatoms. The van der Waals surface area contributed by atoms with Crippen LogP contribution < -0.4 is 10.6 Å². The standard InChI is InChI=1S/C29H32N4O6S2/c1-18(2)32-14-13-23-24(17-32)40-28(25(23)27(35)31-29(36)39-3)30-26(34)20-8-10-22(11-9-20)41(37,38)33-15-12-19-6-4-5-7-21(19)16-33/h4-11,18H,12-17H2,1-3H3,(H,30,34)(H,31,35,36). The van der Waals surface area contributed by atoms with Crippen LogP contribution in [0.5, 0.6) is 0 Å². The number of amides is 3. The number of carbonyl (C=O) groups is 3. The maximum absolute atomic E-state index is 13.3. The van der Waals surface area contributed by atoms with Crippen molar-refractivity contribution in [1.82, 2.24) is 14.5 Å². The minimum atomic E-state index is -3.75. The van der Waals surface area contributed by atoms with Crippen molar-refractivity contribution in [3.63, 3.8) is 0 Å². The number of hydrogen-bond acceptors (Lipinski definition) is 8. The van der Waals surface area contributed by atoms with Gasteiger partial charge in [-0.15, -0.1) is 11.3 Å². The van der Waals surface area contributed by atoms with E-state index in [1.54, 1.807) is 0 Å². The van der Waals surface area contributed by atoms with E-state index in [9.17, 15) is 22.8 Å². The lowest BCUT2D eigenvalue weighted by atomic mass is 10.0. The quantitative estimate of drug-likeness (QED) is 0.441. The summed E-state index contributed by atoms with van der Waals surface area (Å²) in [7, 11) is -2.58. The van der Waals surface area contributed by atoms with E-state index in [4.69, 9.17) is 0 Å². The molecule has 2 aliphatic heterocycles. The van der Waals surface area contributed by atoms with E-state index in [1.807, 2.05) is 24.3 Å². The van der Waals surface area contributed by atoms with E-state index >= 15 is 0 Å². The molecule has 3 amide bonds. The lowest BCUT2D eigenvalue weighted by molar-refractivity contribution is 0.0936. The van der Waals surface area contributed by atoms with Gasteiger partial charge in [-0.2, -0.15) is 4.31 Å². The molecular formula is C29H32N4O6S2. The molecule has 3 heterocycles. The smallest absolute Gasteiger partial charge is 0.413 e. The van der Waals surface area contributed by atoms with Gasteiger partial charge in [0.05, 0.1) is 17.6 Å². The van der Waals surface area contributed by atoms with Crippen LogP contribution in [0.1, 0.15) is 56.1 Å². The normalized spacial score (nSPS) is 15.6. The molecule has 0 fully saturated rings. The van der Waals surface area contributed by atoms with Crippen LogP contribution in [0.25, 0.3) is 0 Å². The first-order chi connectivity index (χ1) is 19.6. The van der Waals surface area contributed by atoms with E-state index in [-0.39, 0.29) is 16.0 Å². The third-order valence-corrected chi connectivity index (χ3v) is 10.5. The van der Waals surface area contributed by atoms with E-state index in [1.165, 1.54) is 47.0 Å². The predicted molar refractivity (Wildman–Crippen MR) is 156 cm³/mol. The molecule has 10 nitrogen and oxygen atoms in total. The molecule has 0 aliphatic carbocycles. The fourth-order valence-corrected chi connectivity index (χ4v) is 7.86. The summed E-state index contributed by atoms with van der Waals surface area (Å²) in [5.74, 6) is -1.14. The molecule has 0 atom stereocenters. The number of anilines is 1. The third kappa shape index (κ3) is 5.91. The van der Waals surface area contributed by atoms with Crippen molar-refractivity contribution in [2.75, 3.05) is 25.5 Å². The van der Waals surface area contributed by atoms with Crippen LogP contribution in [0.3, 0.4) is 0 Å². The maximum atomic E-state index is 13.3. The number of methoxy groups -OCH3 is 1. The second-order valence-electron chi connectivity index (χ2n) is 10.3. The molecular weight excluding hydrogens is 564 g/mol. The molecule has 0 bridgehead atoms. The van der Waals surface area contributed by atoms with Crippen LogP contribution in [-0.4, -0.2) is 61.8 Å². The van der Waals surface area contributed by atoms with Crippen molar-refractivity contribution in [2.24, 2.45) is 0 Å². The Morgan fingerprint density at radius 2 is 1.63 bits per heavy atom. The van der Waals surface area contributed by atoms with Crippen molar-refractivity contribution < 1.29 is 27.5 Å². The number of nitrogens with zero attached hydrogens (tertiary/aromatic N) is 2. The summed E-state index contributed by atoms with van der Waals surface area (Å²) >= 11 is 1.30. The van der Waals surface area contributed by atoms with Crippen LogP contribution in [0.2, 0.25) is 0 Å². The van der Waals surface area contributed by atoms with Gasteiger partial charge < -0.3 is 10.1 Å². The number of alkyl carbamates (subject to hydrolysis) is 1. The second-order valence-corrected chi connectivity index (χ2v) is 13.3. The number of thiophene rings is 1. The Morgan fingerprint density at radius 3 is 2.32 bits per heavy atom. The lowest BCUT2D eigenvalue weighted by Crippen LogP contribution is -2.36. The summed E-state index contributed by atoms with van der Waals surface area (Å²) in [6, 6.07) is 13.9. The highest BCUT2D eigenvalue weighted by Crippen LogP contribution is 2.38. The molecule has 0 radical (unpaired) electrons.